The van der Waals surface area contributed by atoms with Crippen LogP contribution in [-0.4, -0.2) is 22.1 Å². The van der Waals surface area contributed by atoms with Gasteiger partial charge in [-0.3, -0.25) is 0 Å². The molecular weight excluding hydrogens is 176 g/mol. The number of aryl methyl sites for hydroxylation is 1. The molecule has 2 rings (SSSR count). The van der Waals surface area contributed by atoms with Gasteiger partial charge in [-0.05, 0) is 26.2 Å². The third kappa shape index (κ3) is 2.01. The molecule has 0 bridgehead atoms. The summed E-state index contributed by atoms with van der Waals surface area (Å²) in [5, 5.41) is 3.36. The highest BCUT2D eigenvalue weighted by Gasteiger charge is 2.23. The molecule has 1 aromatic rings. The lowest BCUT2D eigenvalue weighted by atomic mass is 10.2. The molecule has 4 nitrogen and oxygen atoms in total. The lowest BCUT2D eigenvalue weighted by Crippen LogP contribution is -2.35. The molecule has 76 valence electrons. The lowest BCUT2D eigenvalue weighted by Gasteiger charge is -2.17. The van der Waals surface area contributed by atoms with Crippen molar-refractivity contribution in [2.45, 2.75) is 38.3 Å². The second kappa shape index (κ2) is 3.92. The quantitative estimate of drug-likeness (QED) is 0.736. The van der Waals surface area contributed by atoms with Crippen LogP contribution in [0.1, 0.15) is 25.0 Å². The van der Waals surface area contributed by atoms with Gasteiger partial charge in [-0.25, -0.2) is 9.97 Å². The molecule has 2 atom stereocenters. The van der Waals surface area contributed by atoms with Crippen LogP contribution in [0.25, 0.3) is 0 Å². The zero-order valence-electron chi connectivity index (χ0n) is 8.40. The Balaban J connectivity index is 2.03. The van der Waals surface area contributed by atoms with Crippen LogP contribution in [0.15, 0.2) is 12.4 Å². The van der Waals surface area contributed by atoms with Crippen molar-refractivity contribution in [3.05, 3.63) is 18.1 Å². The molecule has 1 aliphatic rings. The zero-order valence-corrected chi connectivity index (χ0v) is 8.40. The largest absolute Gasteiger partial charge is 0.366 e. The van der Waals surface area contributed by atoms with E-state index in [4.69, 9.17) is 5.73 Å². The maximum Gasteiger partial charge on any atom is 0.129 e. The van der Waals surface area contributed by atoms with E-state index in [2.05, 4.69) is 15.3 Å². The Kier molecular flexibility index (Phi) is 2.63. The van der Waals surface area contributed by atoms with Gasteiger partial charge in [0.25, 0.3) is 0 Å². The molecule has 1 aromatic heterocycles. The molecule has 14 heavy (non-hydrogen) atoms. The van der Waals surface area contributed by atoms with Gasteiger partial charge in [-0.2, -0.15) is 0 Å². The maximum atomic E-state index is 5.96. The molecule has 0 saturated heterocycles. The van der Waals surface area contributed by atoms with Crippen LogP contribution in [0.3, 0.4) is 0 Å². The average molecular weight is 192 g/mol. The van der Waals surface area contributed by atoms with Crippen LogP contribution >= 0.6 is 0 Å². The summed E-state index contributed by atoms with van der Waals surface area (Å²) in [4.78, 5) is 8.21. The predicted molar refractivity (Wildman–Crippen MR) is 56.0 cm³/mol. The third-order valence-electron chi connectivity index (χ3n) is 2.71. The highest BCUT2D eigenvalue weighted by molar-refractivity contribution is 5.36. The van der Waals surface area contributed by atoms with Gasteiger partial charge in [0, 0.05) is 23.8 Å². The Labute approximate surface area is 83.9 Å². The smallest absolute Gasteiger partial charge is 0.129 e. The normalized spacial score (nSPS) is 26.4. The molecule has 1 aliphatic carbocycles. The van der Waals surface area contributed by atoms with Crippen LogP contribution in [0.2, 0.25) is 0 Å². The van der Waals surface area contributed by atoms with Gasteiger partial charge in [0.1, 0.15) is 12.1 Å². The summed E-state index contributed by atoms with van der Waals surface area (Å²) in [5.41, 5.74) is 6.94. The highest BCUT2D eigenvalue weighted by Crippen LogP contribution is 2.20. The Morgan fingerprint density at radius 1 is 1.43 bits per heavy atom. The van der Waals surface area contributed by atoms with E-state index in [1.54, 1.807) is 6.33 Å². The zero-order chi connectivity index (χ0) is 9.97. The Bertz CT molecular complexity index is 313. The first-order chi connectivity index (χ1) is 6.75. The van der Waals surface area contributed by atoms with E-state index in [1.165, 1.54) is 6.42 Å². The van der Waals surface area contributed by atoms with Crippen molar-refractivity contribution in [3.8, 4) is 0 Å². The van der Waals surface area contributed by atoms with Crippen molar-refractivity contribution in [1.29, 1.82) is 0 Å². The van der Waals surface area contributed by atoms with E-state index in [0.29, 0.717) is 6.04 Å². The van der Waals surface area contributed by atoms with Gasteiger partial charge < -0.3 is 11.1 Å². The first-order valence-electron chi connectivity index (χ1n) is 5.06. The van der Waals surface area contributed by atoms with Gasteiger partial charge in [0.15, 0.2) is 0 Å². The topological polar surface area (TPSA) is 63.8 Å². The van der Waals surface area contributed by atoms with Gasteiger partial charge in [0.05, 0.1) is 0 Å². The summed E-state index contributed by atoms with van der Waals surface area (Å²) in [6.07, 6.45) is 5.05. The van der Waals surface area contributed by atoms with E-state index in [1.807, 2.05) is 13.0 Å². The van der Waals surface area contributed by atoms with Crippen LogP contribution < -0.4 is 11.1 Å². The van der Waals surface area contributed by atoms with Crippen molar-refractivity contribution in [3.63, 3.8) is 0 Å². The third-order valence-corrected chi connectivity index (χ3v) is 2.71. The Morgan fingerprint density at radius 3 is 2.93 bits per heavy atom. The highest BCUT2D eigenvalue weighted by atomic mass is 15.1. The second-order valence-electron chi connectivity index (χ2n) is 3.89. The Hall–Kier alpha value is -1.16. The SMILES string of the molecule is Cc1cc(NC2CCCC2N)ncn1. The molecule has 1 fully saturated rings. The van der Waals surface area contributed by atoms with Crippen LogP contribution in [-0.2, 0) is 0 Å². The number of hydrogen-bond donors (Lipinski definition) is 2. The first kappa shape index (κ1) is 9.40. The molecule has 4 heteroatoms. The van der Waals surface area contributed by atoms with E-state index in [9.17, 15) is 0 Å². The molecule has 0 spiro atoms. The van der Waals surface area contributed by atoms with E-state index in [-0.39, 0.29) is 6.04 Å². The molecule has 1 heterocycles. The maximum absolute atomic E-state index is 5.96. The van der Waals surface area contributed by atoms with Crippen molar-refractivity contribution in [1.82, 2.24) is 9.97 Å². The number of nitrogens with one attached hydrogen (secondary N) is 1. The first-order valence-corrected chi connectivity index (χ1v) is 5.06. The van der Waals surface area contributed by atoms with Crippen LogP contribution in [0, 0.1) is 6.92 Å². The average Bonchev–Trinajstić information content (AvgIpc) is 2.52. The fourth-order valence-corrected chi connectivity index (χ4v) is 1.89. The minimum Gasteiger partial charge on any atom is -0.366 e. The second-order valence-corrected chi connectivity index (χ2v) is 3.89. The van der Waals surface area contributed by atoms with Crippen molar-refractivity contribution in [2.75, 3.05) is 5.32 Å². The number of aromatic nitrogens is 2. The summed E-state index contributed by atoms with van der Waals surface area (Å²) in [6, 6.07) is 2.60. The standard InChI is InChI=1S/C10H16N4/c1-7-5-10(13-6-12-7)14-9-4-2-3-8(9)11/h5-6,8-9H,2-4,11H2,1H3,(H,12,13,14). The summed E-state index contributed by atoms with van der Waals surface area (Å²) < 4.78 is 0. The number of hydrogen-bond acceptors (Lipinski definition) is 4. The van der Waals surface area contributed by atoms with Crippen LogP contribution in [0.4, 0.5) is 5.82 Å². The van der Waals surface area contributed by atoms with Crippen molar-refractivity contribution >= 4 is 5.82 Å². The monoisotopic (exact) mass is 192 g/mol. The summed E-state index contributed by atoms with van der Waals surface area (Å²) in [7, 11) is 0. The van der Waals surface area contributed by atoms with Gasteiger partial charge >= 0.3 is 0 Å². The van der Waals surface area contributed by atoms with E-state index < -0.39 is 0 Å². The van der Waals surface area contributed by atoms with Crippen molar-refractivity contribution in [2.24, 2.45) is 5.73 Å². The van der Waals surface area contributed by atoms with E-state index in [0.717, 1.165) is 24.4 Å². The Morgan fingerprint density at radius 2 is 2.29 bits per heavy atom. The molecule has 0 radical (unpaired) electrons. The van der Waals surface area contributed by atoms with Crippen molar-refractivity contribution < 1.29 is 0 Å². The fourth-order valence-electron chi connectivity index (χ4n) is 1.89. The summed E-state index contributed by atoms with van der Waals surface area (Å²) in [5.74, 6) is 0.889. The molecule has 0 aliphatic heterocycles. The minimum absolute atomic E-state index is 0.269. The molecule has 0 aromatic carbocycles. The van der Waals surface area contributed by atoms with Gasteiger partial charge in [-0.1, -0.05) is 0 Å². The summed E-state index contributed by atoms with van der Waals surface area (Å²) >= 11 is 0. The fraction of sp³-hybridized carbons (Fsp3) is 0.600. The molecule has 2 unspecified atom stereocenters. The minimum atomic E-state index is 0.269. The number of anilines is 1. The van der Waals surface area contributed by atoms with Gasteiger partial charge in [0.2, 0.25) is 0 Å². The van der Waals surface area contributed by atoms with E-state index >= 15 is 0 Å². The molecule has 1 saturated carbocycles. The van der Waals surface area contributed by atoms with Crippen LogP contribution in [0.5, 0.6) is 0 Å². The number of nitrogens with zero attached hydrogens (tertiary/aromatic N) is 2. The molecule has 3 N–H and O–H groups in total. The molecular formula is C10H16N4. The van der Waals surface area contributed by atoms with Gasteiger partial charge in [-0.15, -0.1) is 0 Å². The molecule has 0 amide bonds. The number of rotatable bonds is 2. The predicted octanol–water partition coefficient (Wildman–Crippen LogP) is 1.08. The summed E-state index contributed by atoms with van der Waals surface area (Å²) in [6.45, 7) is 1.96. The number of nitrogens with two attached hydrogens (primary N) is 1. The lowest BCUT2D eigenvalue weighted by molar-refractivity contribution is 0.635.